The van der Waals surface area contributed by atoms with Crippen LogP contribution in [0.15, 0.2) is 77.7 Å². The molecule has 5 rings (SSSR count). The van der Waals surface area contributed by atoms with Crippen molar-refractivity contribution in [2.45, 2.75) is 17.7 Å². The lowest BCUT2D eigenvalue weighted by Crippen LogP contribution is -2.41. The fourth-order valence-electron chi connectivity index (χ4n) is 4.32. The van der Waals surface area contributed by atoms with Crippen molar-refractivity contribution in [2.24, 2.45) is 5.92 Å². The average Bonchev–Trinajstić information content (AvgIpc) is 3.33. The lowest BCUT2D eigenvalue weighted by atomic mass is 9.97. The highest BCUT2D eigenvalue weighted by atomic mass is 32.2. The third-order valence-corrected chi connectivity index (χ3v) is 8.19. The van der Waals surface area contributed by atoms with Gasteiger partial charge in [0.15, 0.2) is 0 Å². The van der Waals surface area contributed by atoms with E-state index in [4.69, 9.17) is 5.26 Å². The van der Waals surface area contributed by atoms with E-state index in [0.717, 1.165) is 16.6 Å². The van der Waals surface area contributed by atoms with Crippen LogP contribution in [0, 0.1) is 17.2 Å². The minimum atomic E-state index is -3.67. The number of para-hydroxylation sites is 3. The molecule has 4 aromatic rings. The number of imidazole rings is 1. The Morgan fingerprint density at radius 3 is 2.40 bits per heavy atom. The molecule has 176 valence electrons. The second-order valence-corrected chi connectivity index (χ2v) is 10.4. The van der Waals surface area contributed by atoms with E-state index in [2.05, 4.69) is 15.3 Å². The van der Waals surface area contributed by atoms with Gasteiger partial charge in [0, 0.05) is 24.6 Å². The SMILES string of the molecule is N#Cc1ccc(S(=O)(=O)N2CCC(C(=O)Nc3ccccc3-c3nc4ccccc4[nH]3)CC2)cc1. The van der Waals surface area contributed by atoms with Crippen LogP contribution in [0.3, 0.4) is 0 Å². The van der Waals surface area contributed by atoms with Gasteiger partial charge in [-0.1, -0.05) is 24.3 Å². The summed E-state index contributed by atoms with van der Waals surface area (Å²) in [6.45, 7) is 0.511. The van der Waals surface area contributed by atoms with Crippen LogP contribution < -0.4 is 5.32 Å². The van der Waals surface area contributed by atoms with Crippen molar-refractivity contribution in [2.75, 3.05) is 18.4 Å². The number of carbonyl (C=O) groups is 1. The molecule has 8 nitrogen and oxygen atoms in total. The van der Waals surface area contributed by atoms with E-state index in [-0.39, 0.29) is 29.8 Å². The molecule has 1 aromatic heterocycles. The number of aromatic amines is 1. The first-order valence-corrected chi connectivity index (χ1v) is 12.7. The molecule has 1 saturated heterocycles. The van der Waals surface area contributed by atoms with E-state index < -0.39 is 10.0 Å². The normalized spacial score (nSPS) is 15.1. The number of sulfonamides is 1. The van der Waals surface area contributed by atoms with Gasteiger partial charge in [-0.3, -0.25) is 4.79 Å². The number of carbonyl (C=O) groups excluding carboxylic acids is 1. The molecule has 1 aliphatic rings. The van der Waals surface area contributed by atoms with Crippen LogP contribution in [0.1, 0.15) is 18.4 Å². The maximum atomic E-state index is 13.1. The van der Waals surface area contributed by atoms with E-state index >= 15 is 0 Å². The minimum absolute atomic E-state index is 0.135. The number of nitrogens with zero attached hydrogens (tertiary/aromatic N) is 3. The second-order valence-electron chi connectivity index (χ2n) is 8.45. The van der Waals surface area contributed by atoms with Crippen LogP contribution >= 0.6 is 0 Å². The van der Waals surface area contributed by atoms with Gasteiger partial charge < -0.3 is 10.3 Å². The summed E-state index contributed by atoms with van der Waals surface area (Å²) >= 11 is 0. The largest absolute Gasteiger partial charge is 0.338 e. The molecule has 1 aliphatic heterocycles. The fraction of sp³-hybridized carbons (Fsp3) is 0.192. The lowest BCUT2D eigenvalue weighted by Gasteiger charge is -2.30. The number of amides is 1. The third-order valence-electron chi connectivity index (χ3n) is 6.28. The van der Waals surface area contributed by atoms with Crippen molar-refractivity contribution in [1.29, 1.82) is 5.26 Å². The van der Waals surface area contributed by atoms with Crippen LogP contribution in [0.2, 0.25) is 0 Å². The van der Waals surface area contributed by atoms with Crippen LogP contribution in [0.25, 0.3) is 22.4 Å². The molecule has 0 unspecified atom stereocenters. The van der Waals surface area contributed by atoms with E-state index in [1.165, 1.54) is 28.6 Å². The number of nitrogens with one attached hydrogen (secondary N) is 2. The fourth-order valence-corrected chi connectivity index (χ4v) is 5.79. The molecule has 1 amide bonds. The summed E-state index contributed by atoms with van der Waals surface area (Å²) < 4.78 is 27.3. The molecule has 0 atom stereocenters. The number of nitriles is 1. The zero-order valence-corrected chi connectivity index (χ0v) is 19.6. The molecule has 2 N–H and O–H groups in total. The molecule has 0 bridgehead atoms. The molecule has 0 radical (unpaired) electrons. The summed E-state index contributed by atoms with van der Waals surface area (Å²) in [6.07, 6.45) is 0.849. The molecule has 9 heteroatoms. The van der Waals surface area contributed by atoms with Crippen LogP contribution in [0.4, 0.5) is 5.69 Å². The van der Waals surface area contributed by atoms with E-state index in [1.807, 2.05) is 54.6 Å². The molecule has 0 saturated carbocycles. The Morgan fingerprint density at radius 1 is 1.00 bits per heavy atom. The highest BCUT2D eigenvalue weighted by molar-refractivity contribution is 7.89. The maximum Gasteiger partial charge on any atom is 0.243 e. The van der Waals surface area contributed by atoms with Gasteiger partial charge in [-0.2, -0.15) is 9.57 Å². The monoisotopic (exact) mass is 485 g/mol. The van der Waals surface area contributed by atoms with E-state index in [9.17, 15) is 13.2 Å². The molecule has 3 aromatic carbocycles. The number of anilines is 1. The third kappa shape index (κ3) is 4.54. The van der Waals surface area contributed by atoms with E-state index in [0.29, 0.717) is 29.9 Å². The zero-order valence-electron chi connectivity index (χ0n) is 18.8. The Morgan fingerprint density at radius 2 is 1.69 bits per heavy atom. The van der Waals surface area contributed by atoms with Gasteiger partial charge in [-0.15, -0.1) is 0 Å². The summed E-state index contributed by atoms with van der Waals surface area (Å²) in [7, 11) is -3.67. The summed E-state index contributed by atoms with van der Waals surface area (Å²) in [6, 6.07) is 23.1. The molecular weight excluding hydrogens is 462 g/mol. The maximum absolute atomic E-state index is 13.1. The predicted octanol–water partition coefficient (Wildman–Crippen LogP) is 4.14. The van der Waals surface area contributed by atoms with Crippen molar-refractivity contribution in [3.63, 3.8) is 0 Å². The number of benzene rings is 3. The Labute approximate surface area is 203 Å². The van der Waals surface area contributed by atoms with Crippen molar-refractivity contribution in [3.05, 3.63) is 78.4 Å². The summed E-state index contributed by atoms with van der Waals surface area (Å²) in [5.41, 5.74) is 3.61. The first-order chi connectivity index (χ1) is 17.0. The average molecular weight is 486 g/mol. The van der Waals surface area contributed by atoms with Gasteiger partial charge in [0.25, 0.3) is 0 Å². The smallest absolute Gasteiger partial charge is 0.243 e. The Kier molecular flexibility index (Phi) is 6.07. The number of rotatable bonds is 5. The molecule has 1 fully saturated rings. The first kappa shape index (κ1) is 22.8. The highest BCUT2D eigenvalue weighted by Crippen LogP contribution is 2.30. The van der Waals surface area contributed by atoms with Crippen LogP contribution in [-0.4, -0.2) is 41.7 Å². The number of H-pyrrole nitrogens is 1. The van der Waals surface area contributed by atoms with Crippen molar-refractivity contribution in [3.8, 4) is 17.5 Å². The van der Waals surface area contributed by atoms with Gasteiger partial charge in [-0.05, 0) is 61.4 Å². The molecule has 0 aliphatic carbocycles. The molecule has 35 heavy (non-hydrogen) atoms. The predicted molar refractivity (Wildman–Crippen MR) is 133 cm³/mol. The van der Waals surface area contributed by atoms with Crippen molar-refractivity contribution >= 4 is 32.7 Å². The summed E-state index contributed by atoms with van der Waals surface area (Å²) in [5.74, 6) is 0.237. The van der Waals surface area contributed by atoms with Crippen LogP contribution in [0.5, 0.6) is 0 Å². The Hall–Kier alpha value is -4.00. The number of fused-ring (bicyclic) bond motifs is 1. The zero-order chi connectivity index (χ0) is 24.4. The Bertz CT molecular complexity index is 1500. The summed E-state index contributed by atoms with van der Waals surface area (Å²) in [5, 5.41) is 12.0. The number of hydrogen-bond acceptors (Lipinski definition) is 5. The van der Waals surface area contributed by atoms with Gasteiger partial charge in [0.2, 0.25) is 15.9 Å². The topological polar surface area (TPSA) is 119 Å². The number of aromatic nitrogens is 2. The summed E-state index contributed by atoms with van der Waals surface area (Å²) in [4.78, 5) is 21.2. The van der Waals surface area contributed by atoms with Gasteiger partial charge in [-0.25, -0.2) is 13.4 Å². The van der Waals surface area contributed by atoms with Gasteiger partial charge in [0.05, 0.1) is 33.2 Å². The van der Waals surface area contributed by atoms with E-state index in [1.54, 1.807) is 0 Å². The minimum Gasteiger partial charge on any atom is -0.338 e. The van der Waals surface area contributed by atoms with Crippen LogP contribution in [-0.2, 0) is 14.8 Å². The highest BCUT2D eigenvalue weighted by Gasteiger charge is 2.32. The molecule has 0 spiro atoms. The second kappa shape index (κ2) is 9.33. The Balaban J connectivity index is 1.27. The number of piperidine rings is 1. The van der Waals surface area contributed by atoms with Gasteiger partial charge in [0.1, 0.15) is 5.82 Å². The van der Waals surface area contributed by atoms with Crippen molar-refractivity contribution < 1.29 is 13.2 Å². The first-order valence-electron chi connectivity index (χ1n) is 11.3. The lowest BCUT2D eigenvalue weighted by molar-refractivity contribution is -0.120. The quantitative estimate of drug-likeness (QED) is 0.440. The standard InChI is InChI=1S/C26H23N5O3S/c27-17-18-9-11-20(12-10-18)35(33,34)31-15-13-19(14-16-31)26(32)30-22-6-2-1-5-21(22)25-28-23-7-3-4-8-24(23)29-25/h1-12,19H,13-16H2,(H,28,29)(H,30,32). The molecular formula is C26H23N5O3S. The van der Waals surface area contributed by atoms with Crippen molar-refractivity contribution in [1.82, 2.24) is 14.3 Å². The number of hydrogen-bond donors (Lipinski definition) is 2. The van der Waals surface area contributed by atoms with Gasteiger partial charge >= 0.3 is 0 Å². The molecule has 2 heterocycles.